The van der Waals surface area contributed by atoms with Crippen molar-refractivity contribution in [3.8, 4) is 0 Å². The summed E-state index contributed by atoms with van der Waals surface area (Å²) in [7, 11) is 1.79. The van der Waals surface area contributed by atoms with Gasteiger partial charge in [-0.3, -0.25) is 9.89 Å². The number of hydrogen-bond donors (Lipinski definition) is 2. The second-order valence-corrected chi connectivity index (χ2v) is 8.09. The molecule has 2 rings (SSSR count). The first-order valence-electron chi connectivity index (χ1n) is 10.5. The third-order valence-corrected chi connectivity index (χ3v) is 5.61. The number of morpholine rings is 1. The van der Waals surface area contributed by atoms with Gasteiger partial charge in [0.15, 0.2) is 5.96 Å². The molecule has 1 saturated carbocycles. The van der Waals surface area contributed by atoms with Crippen molar-refractivity contribution >= 4 is 5.96 Å². The molecular weight excluding hydrogens is 328 g/mol. The smallest absolute Gasteiger partial charge is 0.191 e. The van der Waals surface area contributed by atoms with Gasteiger partial charge in [0.2, 0.25) is 0 Å². The van der Waals surface area contributed by atoms with Crippen LogP contribution in [0.3, 0.4) is 0 Å². The van der Waals surface area contributed by atoms with Crippen LogP contribution in [0.4, 0.5) is 0 Å². The van der Waals surface area contributed by atoms with Gasteiger partial charge in [-0.2, -0.15) is 0 Å². The lowest BCUT2D eigenvalue weighted by atomic mass is 9.67. The molecule has 0 bridgehead atoms. The van der Waals surface area contributed by atoms with Gasteiger partial charge < -0.3 is 20.1 Å². The van der Waals surface area contributed by atoms with E-state index < -0.39 is 0 Å². The third-order valence-electron chi connectivity index (χ3n) is 5.61. The fourth-order valence-electron chi connectivity index (χ4n) is 4.05. The fourth-order valence-corrected chi connectivity index (χ4v) is 4.05. The average Bonchev–Trinajstić information content (AvgIpc) is 2.56. The molecule has 6 nitrogen and oxygen atoms in total. The first-order valence-corrected chi connectivity index (χ1v) is 10.5. The van der Waals surface area contributed by atoms with E-state index in [0.29, 0.717) is 17.6 Å². The largest absolute Gasteiger partial charge is 0.385 e. The molecule has 1 saturated heterocycles. The molecule has 0 aromatic heterocycles. The van der Waals surface area contributed by atoms with E-state index in [9.17, 15) is 0 Å². The van der Waals surface area contributed by atoms with Crippen molar-refractivity contribution in [2.45, 2.75) is 65.1 Å². The predicted octanol–water partition coefficient (Wildman–Crippen LogP) is 2.25. The molecule has 0 spiro atoms. The highest BCUT2D eigenvalue weighted by Gasteiger charge is 2.36. The standard InChI is InChI=1S/C20H40N4O2/c1-5-21-19(23-16-20(8-6-9-20)10-13-25-4)22-11-7-12-24-14-17(2)26-18(3)15-24/h17-18H,5-16H2,1-4H3,(H2,21,22,23). The molecule has 2 N–H and O–H groups in total. The van der Waals surface area contributed by atoms with Crippen LogP contribution in [0.15, 0.2) is 4.99 Å². The Bertz CT molecular complexity index is 416. The first-order chi connectivity index (χ1) is 12.6. The van der Waals surface area contributed by atoms with Crippen LogP contribution in [-0.2, 0) is 9.47 Å². The van der Waals surface area contributed by atoms with Crippen LogP contribution in [0.2, 0.25) is 0 Å². The quantitative estimate of drug-likeness (QED) is 0.352. The minimum Gasteiger partial charge on any atom is -0.385 e. The lowest BCUT2D eigenvalue weighted by Crippen LogP contribution is -2.46. The Morgan fingerprint density at radius 1 is 1.23 bits per heavy atom. The Morgan fingerprint density at radius 2 is 1.96 bits per heavy atom. The molecule has 6 heteroatoms. The van der Waals surface area contributed by atoms with Crippen LogP contribution >= 0.6 is 0 Å². The fraction of sp³-hybridized carbons (Fsp3) is 0.950. The van der Waals surface area contributed by atoms with Gasteiger partial charge in [0.25, 0.3) is 0 Å². The summed E-state index contributed by atoms with van der Waals surface area (Å²) in [6.07, 6.45) is 6.84. The van der Waals surface area contributed by atoms with E-state index >= 15 is 0 Å². The Balaban J connectivity index is 1.71. The highest BCUT2D eigenvalue weighted by Crippen LogP contribution is 2.44. The molecule has 2 aliphatic rings. The maximum absolute atomic E-state index is 5.81. The summed E-state index contributed by atoms with van der Waals surface area (Å²) in [6, 6.07) is 0. The van der Waals surface area contributed by atoms with E-state index in [-0.39, 0.29) is 0 Å². The first kappa shape index (κ1) is 21.5. The zero-order chi connectivity index (χ0) is 18.8. The Labute approximate surface area is 160 Å². The Kier molecular flexibility index (Phi) is 9.16. The van der Waals surface area contributed by atoms with E-state index in [2.05, 4.69) is 36.3 Å². The van der Waals surface area contributed by atoms with Gasteiger partial charge in [-0.25, -0.2) is 0 Å². The monoisotopic (exact) mass is 368 g/mol. The molecule has 2 unspecified atom stereocenters. The third kappa shape index (κ3) is 7.05. The highest BCUT2D eigenvalue weighted by molar-refractivity contribution is 5.79. The summed E-state index contributed by atoms with van der Waals surface area (Å²) >= 11 is 0. The van der Waals surface area contributed by atoms with Gasteiger partial charge in [-0.1, -0.05) is 6.42 Å². The second-order valence-electron chi connectivity index (χ2n) is 8.09. The van der Waals surface area contributed by atoms with Crippen LogP contribution in [-0.4, -0.2) is 76.1 Å². The minimum atomic E-state index is 0.344. The van der Waals surface area contributed by atoms with Gasteiger partial charge in [0.05, 0.1) is 12.2 Å². The highest BCUT2D eigenvalue weighted by atomic mass is 16.5. The van der Waals surface area contributed by atoms with Crippen LogP contribution in [0, 0.1) is 5.41 Å². The molecule has 0 radical (unpaired) electrons. The van der Waals surface area contributed by atoms with Crippen LogP contribution in [0.5, 0.6) is 0 Å². The molecule has 1 aliphatic carbocycles. The molecule has 1 aliphatic heterocycles. The molecule has 2 fully saturated rings. The Hall–Kier alpha value is -0.850. The summed E-state index contributed by atoms with van der Waals surface area (Å²) in [5, 5.41) is 6.90. The zero-order valence-corrected chi connectivity index (χ0v) is 17.4. The lowest BCUT2D eigenvalue weighted by Gasteiger charge is -2.40. The van der Waals surface area contributed by atoms with E-state index in [1.165, 1.54) is 19.3 Å². The van der Waals surface area contributed by atoms with Crippen molar-refractivity contribution in [2.24, 2.45) is 10.4 Å². The van der Waals surface area contributed by atoms with Crippen LogP contribution in [0.1, 0.15) is 52.9 Å². The molecular formula is C20H40N4O2. The van der Waals surface area contributed by atoms with Crippen LogP contribution in [0.25, 0.3) is 0 Å². The van der Waals surface area contributed by atoms with Crippen molar-refractivity contribution in [1.82, 2.24) is 15.5 Å². The number of nitrogens with one attached hydrogen (secondary N) is 2. The molecule has 0 aromatic carbocycles. The maximum Gasteiger partial charge on any atom is 0.191 e. The van der Waals surface area contributed by atoms with E-state index in [0.717, 1.165) is 64.7 Å². The number of rotatable bonds is 10. The van der Waals surface area contributed by atoms with E-state index in [1.54, 1.807) is 7.11 Å². The van der Waals surface area contributed by atoms with Crippen molar-refractivity contribution in [1.29, 1.82) is 0 Å². The van der Waals surface area contributed by atoms with E-state index in [1.807, 2.05) is 0 Å². The zero-order valence-electron chi connectivity index (χ0n) is 17.4. The average molecular weight is 369 g/mol. The number of hydrogen-bond acceptors (Lipinski definition) is 4. The topological polar surface area (TPSA) is 58.1 Å². The van der Waals surface area contributed by atoms with Gasteiger partial charge in [0, 0.05) is 53.0 Å². The second kappa shape index (κ2) is 11.1. The molecule has 1 heterocycles. The lowest BCUT2D eigenvalue weighted by molar-refractivity contribution is -0.0679. The van der Waals surface area contributed by atoms with Crippen molar-refractivity contribution in [3.63, 3.8) is 0 Å². The molecule has 26 heavy (non-hydrogen) atoms. The van der Waals surface area contributed by atoms with Crippen molar-refractivity contribution in [3.05, 3.63) is 0 Å². The van der Waals surface area contributed by atoms with Gasteiger partial charge in [-0.05, 0) is 51.9 Å². The molecule has 0 amide bonds. The molecule has 152 valence electrons. The normalized spacial score (nSPS) is 26.4. The van der Waals surface area contributed by atoms with Gasteiger partial charge in [-0.15, -0.1) is 0 Å². The molecule has 0 aromatic rings. The molecule has 2 atom stereocenters. The summed E-state index contributed by atoms with van der Waals surface area (Å²) in [5.74, 6) is 0.958. The summed E-state index contributed by atoms with van der Waals surface area (Å²) in [5.41, 5.74) is 0.373. The minimum absolute atomic E-state index is 0.344. The van der Waals surface area contributed by atoms with Crippen molar-refractivity contribution in [2.75, 3.05) is 53.0 Å². The number of ether oxygens (including phenoxy) is 2. The Morgan fingerprint density at radius 3 is 2.54 bits per heavy atom. The predicted molar refractivity (Wildman–Crippen MR) is 108 cm³/mol. The summed E-state index contributed by atoms with van der Waals surface area (Å²) < 4.78 is 11.1. The number of guanidine groups is 1. The van der Waals surface area contributed by atoms with E-state index in [4.69, 9.17) is 14.5 Å². The maximum atomic E-state index is 5.81. The SMILES string of the molecule is CCNC(=NCC1(CCOC)CCC1)NCCCN1CC(C)OC(C)C1. The van der Waals surface area contributed by atoms with Crippen LogP contribution < -0.4 is 10.6 Å². The summed E-state index contributed by atoms with van der Waals surface area (Å²) in [4.78, 5) is 7.39. The number of methoxy groups -OCH3 is 1. The van der Waals surface area contributed by atoms with Gasteiger partial charge >= 0.3 is 0 Å². The number of aliphatic imine (C=N–C) groups is 1. The summed E-state index contributed by atoms with van der Waals surface area (Å²) in [6.45, 7) is 13.3. The number of nitrogens with zero attached hydrogens (tertiary/aromatic N) is 2. The van der Waals surface area contributed by atoms with Crippen molar-refractivity contribution < 1.29 is 9.47 Å². The van der Waals surface area contributed by atoms with Gasteiger partial charge in [0.1, 0.15) is 0 Å².